The number of fused-ring (bicyclic) bond motifs is 1. The average molecular weight is 401 g/mol. The van der Waals surface area contributed by atoms with Crippen LogP contribution in [0.5, 0.6) is 0 Å². The van der Waals surface area contributed by atoms with Crippen LogP contribution in [0.3, 0.4) is 0 Å². The molecule has 1 aliphatic rings. The lowest BCUT2D eigenvalue weighted by atomic mass is 10.0. The van der Waals surface area contributed by atoms with Gasteiger partial charge in [0.15, 0.2) is 0 Å². The van der Waals surface area contributed by atoms with Gasteiger partial charge in [0, 0.05) is 42.7 Å². The average Bonchev–Trinajstić information content (AvgIpc) is 3.16. The van der Waals surface area contributed by atoms with E-state index in [1.54, 1.807) is 30.3 Å². The van der Waals surface area contributed by atoms with Crippen LogP contribution in [0.4, 0.5) is 10.1 Å². The van der Waals surface area contributed by atoms with E-state index in [1.807, 2.05) is 10.8 Å². The van der Waals surface area contributed by atoms with Gasteiger partial charge < -0.3 is 4.57 Å². The van der Waals surface area contributed by atoms with Crippen molar-refractivity contribution in [3.8, 4) is 0 Å². The Bertz CT molecular complexity index is 1140. The molecule has 0 fully saturated rings. The zero-order valence-electron chi connectivity index (χ0n) is 14.6. The van der Waals surface area contributed by atoms with E-state index < -0.39 is 26.8 Å². The molecule has 0 unspecified atom stereocenters. The molecular weight excluding hydrogens is 385 g/mol. The van der Waals surface area contributed by atoms with Crippen LogP contribution >= 0.6 is 0 Å². The molecule has 3 aromatic rings. The Morgan fingerprint density at radius 1 is 1.00 bits per heavy atom. The molecule has 0 aliphatic carbocycles. The van der Waals surface area contributed by atoms with E-state index in [0.29, 0.717) is 12.2 Å². The van der Waals surface area contributed by atoms with Gasteiger partial charge in [-0.1, -0.05) is 18.2 Å². The van der Waals surface area contributed by atoms with E-state index in [4.69, 9.17) is 0 Å². The minimum absolute atomic E-state index is 0.0700. The number of halogens is 1. The van der Waals surface area contributed by atoms with Crippen molar-refractivity contribution in [1.82, 2.24) is 8.87 Å². The first kappa shape index (κ1) is 18.3. The zero-order valence-corrected chi connectivity index (χ0v) is 15.4. The Morgan fingerprint density at radius 3 is 2.39 bits per heavy atom. The molecule has 0 saturated carbocycles. The fourth-order valence-electron chi connectivity index (χ4n) is 3.51. The van der Waals surface area contributed by atoms with Crippen LogP contribution in [0.2, 0.25) is 0 Å². The van der Waals surface area contributed by atoms with Gasteiger partial charge in [-0.05, 0) is 30.3 Å². The van der Waals surface area contributed by atoms with Gasteiger partial charge in [-0.25, -0.2) is 12.8 Å². The Kier molecular flexibility index (Phi) is 4.48. The van der Waals surface area contributed by atoms with Crippen LogP contribution in [0.1, 0.15) is 17.3 Å². The number of nitro groups is 1. The van der Waals surface area contributed by atoms with Gasteiger partial charge in [0.05, 0.1) is 15.9 Å². The molecule has 28 heavy (non-hydrogen) atoms. The van der Waals surface area contributed by atoms with Gasteiger partial charge in [0.2, 0.25) is 10.0 Å². The molecular formula is C19H16FN3O4S. The van der Waals surface area contributed by atoms with Crippen LogP contribution in [-0.2, 0) is 16.6 Å². The minimum Gasteiger partial charge on any atom is -0.348 e. The number of nitro benzene ring substituents is 1. The molecule has 0 bridgehead atoms. The number of sulfonamides is 1. The zero-order chi connectivity index (χ0) is 19.9. The molecule has 1 aliphatic heterocycles. The summed E-state index contributed by atoms with van der Waals surface area (Å²) >= 11 is 0. The molecule has 2 heterocycles. The largest absolute Gasteiger partial charge is 0.348 e. The number of nitrogens with zero attached hydrogens (tertiary/aromatic N) is 3. The van der Waals surface area contributed by atoms with Gasteiger partial charge in [0.1, 0.15) is 5.82 Å². The standard InChI is InChI=1S/C19H16FN3O4S/c20-17-5-2-1-4-16(17)19-18-6-3-11-21(18)12-13-22(19)28(26,27)15-9-7-14(8-10-15)23(24)25/h1-11,19H,12-13H2/t19-/m0/s1. The first-order chi connectivity index (χ1) is 13.4. The van der Waals surface area contributed by atoms with Crippen molar-refractivity contribution in [2.75, 3.05) is 6.54 Å². The van der Waals surface area contributed by atoms with Crippen LogP contribution < -0.4 is 0 Å². The van der Waals surface area contributed by atoms with Crippen molar-refractivity contribution >= 4 is 15.7 Å². The van der Waals surface area contributed by atoms with Crippen molar-refractivity contribution in [2.24, 2.45) is 0 Å². The molecule has 0 saturated heterocycles. The van der Waals surface area contributed by atoms with E-state index in [1.165, 1.54) is 22.5 Å². The maximum atomic E-state index is 14.6. The van der Waals surface area contributed by atoms with Crippen molar-refractivity contribution in [2.45, 2.75) is 17.5 Å². The normalized spacial score (nSPS) is 17.2. The third kappa shape index (κ3) is 2.98. The van der Waals surface area contributed by atoms with Crippen LogP contribution in [-0.4, -0.2) is 28.8 Å². The number of aromatic nitrogens is 1. The lowest BCUT2D eigenvalue weighted by molar-refractivity contribution is -0.384. The molecule has 4 rings (SSSR count). The first-order valence-corrected chi connectivity index (χ1v) is 9.99. The summed E-state index contributed by atoms with van der Waals surface area (Å²) in [6, 6.07) is 13.5. The summed E-state index contributed by atoms with van der Waals surface area (Å²) in [5.41, 5.74) is 0.728. The molecule has 0 amide bonds. The molecule has 144 valence electrons. The Balaban J connectivity index is 1.83. The lowest BCUT2D eigenvalue weighted by Gasteiger charge is -2.36. The molecule has 1 aromatic heterocycles. The highest BCUT2D eigenvalue weighted by Crippen LogP contribution is 2.37. The number of hydrogen-bond donors (Lipinski definition) is 0. The molecule has 1 atom stereocenters. The smallest absolute Gasteiger partial charge is 0.269 e. The maximum Gasteiger partial charge on any atom is 0.269 e. The summed E-state index contributed by atoms with van der Waals surface area (Å²) in [5, 5.41) is 10.8. The summed E-state index contributed by atoms with van der Waals surface area (Å²) in [5.74, 6) is -0.494. The van der Waals surface area contributed by atoms with Gasteiger partial charge in [-0.2, -0.15) is 4.31 Å². The minimum atomic E-state index is -4.01. The summed E-state index contributed by atoms with van der Waals surface area (Å²) in [4.78, 5) is 10.2. The van der Waals surface area contributed by atoms with Crippen LogP contribution in [0, 0.1) is 15.9 Å². The monoisotopic (exact) mass is 401 g/mol. The molecule has 0 N–H and O–H groups in total. The molecule has 7 nitrogen and oxygen atoms in total. The third-order valence-electron chi connectivity index (χ3n) is 4.85. The highest BCUT2D eigenvalue weighted by atomic mass is 32.2. The molecule has 9 heteroatoms. The van der Waals surface area contributed by atoms with E-state index >= 15 is 0 Å². The van der Waals surface area contributed by atoms with Gasteiger partial charge in [0.25, 0.3) is 5.69 Å². The van der Waals surface area contributed by atoms with Crippen molar-refractivity contribution in [3.63, 3.8) is 0 Å². The molecule has 2 aromatic carbocycles. The predicted molar refractivity (Wildman–Crippen MR) is 99.7 cm³/mol. The second-order valence-corrected chi connectivity index (χ2v) is 8.31. The number of rotatable bonds is 4. The van der Waals surface area contributed by atoms with Crippen molar-refractivity contribution in [3.05, 3.63) is 94.0 Å². The fourth-order valence-corrected chi connectivity index (χ4v) is 5.08. The topological polar surface area (TPSA) is 85.4 Å². The maximum absolute atomic E-state index is 14.6. The predicted octanol–water partition coefficient (Wildman–Crippen LogP) is 3.33. The summed E-state index contributed by atoms with van der Waals surface area (Å²) in [6.45, 7) is 0.583. The summed E-state index contributed by atoms with van der Waals surface area (Å²) < 4.78 is 44.4. The molecule has 0 spiro atoms. The van der Waals surface area contributed by atoms with Gasteiger partial charge in [-0.3, -0.25) is 10.1 Å². The highest BCUT2D eigenvalue weighted by Gasteiger charge is 2.38. The van der Waals surface area contributed by atoms with Crippen molar-refractivity contribution < 1.29 is 17.7 Å². The SMILES string of the molecule is O=[N+]([O-])c1ccc(S(=O)(=O)N2CCn3cccc3[C@@H]2c2ccccc2F)cc1. The lowest BCUT2D eigenvalue weighted by Crippen LogP contribution is -2.42. The number of benzene rings is 2. The van der Waals surface area contributed by atoms with Crippen molar-refractivity contribution in [1.29, 1.82) is 0 Å². The van der Waals surface area contributed by atoms with Gasteiger partial charge in [-0.15, -0.1) is 0 Å². The van der Waals surface area contributed by atoms with Crippen LogP contribution in [0.25, 0.3) is 0 Å². The third-order valence-corrected chi connectivity index (χ3v) is 6.73. The van der Waals surface area contributed by atoms with Crippen LogP contribution in [0.15, 0.2) is 71.8 Å². The summed E-state index contributed by atoms with van der Waals surface area (Å²) in [7, 11) is -4.01. The Morgan fingerprint density at radius 2 is 1.71 bits per heavy atom. The highest BCUT2D eigenvalue weighted by molar-refractivity contribution is 7.89. The summed E-state index contributed by atoms with van der Waals surface area (Å²) in [6.07, 6.45) is 1.83. The van der Waals surface area contributed by atoms with E-state index in [2.05, 4.69) is 0 Å². The molecule has 0 radical (unpaired) electrons. The van der Waals surface area contributed by atoms with E-state index in [9.17, 15) is 22.9 Å². The quantitative estimate of drug-likeness (QED) is 0.496. The Hall–Kier alpha value is -3.04. The fraction of sp³-hybridized carbons (Fsp3) is 0.158. The Labute approximate surface area is 160 Å². The number of non-ortho nitro benzene ring substituents is 1. The second-order valence-electron chi connectivity index (χ2n) is 6.42. The van der Waals surface area contributed by atoms with E-state index in [0.717, 1.165) is 12.1 Å². The van der Waals surface area contributed by atoms with E-state index in [-0.39, 0.29) is 22.7 Å². The first-order valence-electron chi connectivity index (χ1n) is 8.55. The van der Waals surface area contributed by atoms with Gasteiger partial charge >= 0.3 is 0 Å². The number of hydrogen-bond acceptors (Lipinski definition) is 4. The second kappa shape index (κ2) is 6.84.